The van der Waals surface area contributed by atoms with Crippen LogP contribution in [0.1, 0.15) is 87.5 Å². The summed E-state index contributed by atoms with van der Waals surface area (Å²) in [6.07, 6.45) is 13.8. The van der Waals surface area contributed by atoms with E-state index in [-0.39, 0.29) is 35.2 Å². The maximum absolute atomic E-state index is 10.2. The van der Waals surface area contributed by atoms with Gasteiger partial charge in [-0.25, -0.2) is 18.0 Å². The molecule has 0 fully saturated rings. The number of methoxy groups -OCH3 is 3. The van der Waals surface area contributed by atoms with E-state index in [0.29, 0.717) is 23.2 Å². The van der Waals surface area contributed by atoms with Crippen LogP contribution in [-0.2, 0) is 49.2 Å². The normalized spacial score (nSPS) is 8.80. The molecular formula is C44H106N8O12S6. The zero-order chi connectivity index (χ0) is 58.2. The van der Waals surface area contributed by atoms with Crippen LogP contribution in [0, 0.1) is 0 Å². The van der Waals surface area contributed by atoms with Crippen molar-refractivity contribution >= 4 is 108 Å². The van der Waals surface area contributed by atoms with Gasteiger partial charge in [0.15, 0.2) is 10.9 Å². The number of carbonyl (C=O) groups is 6. The van der Waals surface area contributed by atoms with Crippen molar-refractivity contribution in [2.24, 2.45) is 0 Å². The molecule has 0 aliphatic rings. The van der Waals surface area contributed by atoms with Gasteiger partial charge in [0.2, 0.25) is 0 Å². The van der Waals surface area contributed by atoms with Crippen LogP contribution in [0.2, 0.25) is 0 Å². The first kappa shape index (κ1) is 97.1. The lowest BCUT2D eigenvalue weighted by Crippen LogP contribution is -2.28. The van der Waals surface area contributed by atoms with E-state index in [0.717, 1.165) is 38.2 Å². The van der Waals surface area contributed by atoms with E-state index in [1.54, 1.807) is 87.5 Å². The first-order valence-electron chi connectivity index (χ1n) is 22.1. The van der Waals surface area contributed by atoms with Gasteiger partial charge in [0.05, 0.1) is 19.4 Å². The average Bonchev–Trinajstić information content (AvgIpc) is 3.30. The van der Waals surface area contributed by atoms with Crippen LogP contribution >= 0.6 is 47.5 Å². The van der Waals surface area contributed by atoms with Crippen molar-refractivity contribution < 1.29 is 55.6 Å². The zero-order valence-electron chi connectivity index (χ0n) is 48.0. The van der Waals surface area contributed by atoms with Crippen LogP contribution < -0.4 is 42.5 Å². The Kier molecular flexibility index (Phi) is 133. The number of Topliss-reactive ketones (excluding diaryl/α,β-unsaturated/α-hetero) is 3. The Bertz CT molecular complexity index is 1040. The van der Waals surface area contributed by atoms with Crippen molar-refractivity contribution in [2.45, 2.75) is 87.5 Å². The Morgan fingerprint density at radius 2 is 1.10 bits per heavy atom. The summed E-state index contributed by atoms with van der Waals surface area (Å²) in [6, 6.07) is -0.157. The van der Waals surface area contributed by atoms with Crippen molar-refractivity contribution in [3.05, 3.63) is 0 Å². The summed E-state index contributed by atoms with van der Waals surface area (Å²) in [7, 11) is 14.8. The van der Waals surface area contributed by atoms with Crippen molar-refractivity contribution in [1.29, 1.82) is 0 Å². The van der Waals surface area contributed by atoms with E-state index >= 15 is 0 Å². The molecule has 0 aromatic heterocycles. The average molecular weight is 1130 g/mol. The third-order valence-corrected chi connectivity index (χ3v) is 9.82. The molecular weight excluding hydrogens is 1020 g/mol. The molecule has 8 N–H and O–H groups in total. The molecule has 0 spiro atoms. The molecule has 0 aliphatic carbocycles. The van der Waals surface area contributed by atoms with Gasteiger partial charge in [-0.3, -0.25) is 23.4 Å². The van der Waals surface area contributed by atoms with Gasteiger partial charge in [-0.2, -0.15) is 23.5 Å². The van der Waals surface area contributed by atoms with Crippen molar-refractivity contribution in [2.75, 3.05) is 158 Å². The first-order valence-corrected chi connectivity index (χ1v) is 30.3. The van der Waals surface area contributed by atoms with Crippen molar-refractivity contribution in [3.63, 3.8) is 0 Å². The monoisotopic (exact) mass is 1130 g/mol. The molecule has 430 valence electrons. The number of amides is 4. The zero-order valence-corrected chi connectivity index (χ0v) is 52.9. The quantitative estimate of drug-likeness (QED) is 0.0886. The van der Waals surface area contributed by atoms with Gasteiger partial charge >= 0.3 is 12.1 Å². The van der Waals surface area contributed by atoms with Crippen LogP contribution in [0.15, 0.2) is 0 Å². The van der Waals surface area contributed by atoms with Crippen LogP contribution in [0.3, 0.4) is 0 Å². The van der Waals surface area contributed by atoms with Crippen LogP contribution in [0.25, 0.3) is 0 Å². The largest absolute Gasteiger partial charge is 0.453 e. The van der Waals surface area contributed by atoms with Crippen molar-refractivity contribution in [3.8, 4) is 0 Å². The van der Waals surface area contributed by atoms with E-state index in [4.69, 9.17) is 4.74 Å². The fraction of sp³-hybridized carbons (Fsp3) is 0.841. The molecule has 4 amide bonds. The Labute approximate surface area is 449 Å². The predicted octanol–water partition coefficient (Wildman–Crippen LogP) is 5.51. The molecule has 1 unspecified atom stereocenters. The number of urea groups is 1. The van der Waals surface area contributed by atoms with Gasteiger partial charge in [-0.05, 0) is 110 Å². The number of rotatable bonds is 16. The lowest BCUT2D eigenvalue weighted by atomic mass is 10.5. The highest BCUT2D eigenvalue weighted by atomic mass is 32.2. The Balaban J connectivity index is -0.0000000525. The lowest BCUT2D eigenvalue weighted by molar-refractivity contribution is -0.120. The number of hydrogen-bond donors (Lipinski definition) is 8. The molecule has 0 heterocycles. The number of ether oxygens (including phenoxy) is 3. The highest BCUT2D eigenvalue weighted by Crippen LogP contribution is 1.91. The minimum Gasteiger partial charge on any atom is -0.453 e. The van der Waals surface area contributed by atoms with Gasteiger partial charge in [-0.1, -0.05) is 46.4 Å². The van der Waals surface area contributed by atoms with Gasteiger partial charge in [0, 0.05) is 97.9 Å². The Hall–Kier alpha value is -2.30. The Morgan fingerprint density at radius 3 is 1.10 bits per heavy atom. The summed E-state index contributed by atoms with van der Waals surface area (Å²) in [4.78, 5) is 59.8. The first-order chi connectivity index (χ1) is 32.6. The van der Waals surface area contributed by atoms with E-state index in [1.807, 2.05) is 38.9 Å². The molecule has 0 saturated heterocycles. The number of carbonyl (C=O) groups excluding carboxylic acids is 6. The fourth-order valence-corrected chi connectivity index (χ4v) is 4.76. The summed E-state index contributed by atoms with van der Waals surface area (Å²) in [5, 5.41) is 21.3. The van der Waals surface area contributed by atoms with Gasteiger partial charge in [0.1, 0.15) is 28.0 Å². The second-order valence-corrected chi connectivity index (χ2v) is 19.5. The second-order valence-electron chi connectivity index (χ2n) is 12.6. The van der Waals surface area contributed by atoms with E-state index in [9.17, 15) is 41.4 Å². The van der Waals surface area contributed by atoms with E-state index in [2.05, 4.69) is 91.3 Å². The number of thioether (sulfide) groups is 3. The van der Waals surface area contributed by atoms with Crippen LogP contribution in [-0.4, -0.2) is 211 Å². The van der Waals surface area contributed by atoms with Crippen LogP contribution in [0.5, 0.6) is 0 Å². The third kappa shape index (κ3) is 216. The second kappa shape index (κ2) is 96.2. The number of nitrogens with one attached hydrogen (secondary N) is 8. The highest BCUT2D eigenvalue weighted by Gasteiger charge is 1.95. The maximum atomic E-state index is 10.2. The number of thiocarbonyl (C=S) groups is 1. The van der Waals surface area contributed by atoms with E-state index < -0.39 is 26.7 Å². The maximum Gasteiger partial charge on any atom is 0.406 e. The molecule has 0 aromatic rings. The lowest BCUT2D eigenvalue weighted by Gasteiger charge is -1.95. The van der Waals surface area contributed by atoms with E-state index in [1.165, 1.54) is 64.8 Å². The molecule has 20 nitrogen and oxygen atoms in total. The fourth-order valence-electron chi connectivity index (χ4n) is 2.43. The summed E-state index contributed by atoms with van der Waals surface area (Å²) in [6.45, 7) is 17.7. The summed E-state index contributed by atoms with van der Waals surface area (Å²) >= 11 is 9.27. The molecule has 70 heavy (non-hydrogen) atoms. The van der Waals surface area contributed by atoms with Gasteiger partial charge in [0.25, 0.3) is 5.24 Å². The number of hydrogen-bond acceptors (Lipinski definition) is 18. The van der Waals surface area contributed by atoms with Crippen molar-refractivity contribution in [1.82, 2.24) is 42.5 Å². The third-order valence-electron chi connectivity index (χ3n) is 5.19. The highest BCUT2D eigenvalue weighted by molar-refractivity contribution is 8.12. The topological polar surface area (TPSA) is 278 Å². The molecule has 1 atom stereocenters. The standard InChI is InChI=1S/C4H9NO.C4H11N.C4H10O2S.C4H8O2.C4H8OS.C4H10OS.C4H10O.C4H10S.C3H8N2O.C3H8N2S.C3H7NO2.C3H7NOS/c1-4(6)3-5-2;1-3-4-5-2;1-3-4-7(2,5)6;2*1-4(5)3-6-2;1-3-4-6(2)5;2*1-3-4-5-2;2*1-4-3(6)5-2;2*1-4-3(5)6-2/h5H,3H2,1-2H3;5H,3-4H2,1-2H3;3-4H2,1-2H3;2*3H2,1-2H3;3-4H2,1-2H3;2*3-4H2,1-2H3;2*1-2H3,(H2,4,5,6);2*1-2H3,(H,4,5). The SMILES string of the molecule is CCCNC.CCCOC.CCCS(C)(=O)=O.CCCS(C)=O.CCCSC.CNC(=O)NC.CNC(=O)OC.CNC(=O)SC.CNC(=S)NC.CNCC(C)=O.COCC(C)=O.CSCC(C)=O. The molecule has 0 rings (SSSR count). The molecule has 26 heteroatoms. The Morgan fingerprint density at radius 1 is 0.614 bits per heavy atom. The van der Waals surface area contributed by atoms with Crippen LogP contribution in [0.4, 0.5) is 14.4 Å². The minimum atomic E-state index is -2.67. The number of likely N-dealkylation sites (N-methyl/N-ethyl adjacent to an activating group) is 1. The summed E-state index contributed by atoms with van der Waals surface area (Å²) in [5.74, 6) is 3.62. The molecule has 0 aromatic carbocycles. The predicted molar refractivity (Wildman–Crippen MR) is 314 cm³/mol. The minimum absolute atomic E-state index is 0.00926. The molecule has 0 radical (unpaired) electrons. The number of alkyl carbamates (subject to hydrolysis) is 1. The summed E-state index contributed by atoms with van der Waals surface area (Å²) in [5.41, 5.74) is 0. The van der Waals surface area contributed by atoms with Gasteiger partial charge < -0.3 is 56.7 Å². The molecule has 0 bridgehead atoms. The number of ketones is 3. The van der Waals surface area contributed by atoms with Gasteiger partial charge in [-0.15, -0.1) is 0 Å². The summed E-state index contributed by atoms with van der Waals surface area (Å²) < 4.78 is 43.9. The number of sulfone groups is 1. The smallest absolute Gasteiger partial charge is 0.406 e. The molecule has 0 saturated carbocycles. The molecule has 0 aliphatic heterocycles.